The predicted octanol–water partition coefficient (Wildman–Crippen LogP) is 3.36. The van der Waals surface area contributed by atoms with E-state index in [2.05, 4.69) is 5.32 Å². The standard InChI is InChI=1S/C17H16F2N2O3/c18-11-7-12(19)9-14(8-11)24-16-4-2-1-3-15(16)20-17(23)21-6-5-13(22)10-21/h1-4,7-9,13,22H,5-6,10H2,(H,20,23)/t13-/m1/s1. The van der Waals surface area contributed by atoms with E-state index in [0.717, 1.165) is 18.2 Å². The second-order valence-corrected chi connectivity index (χ2v) is 5.52. The molecule has 1 atom stereocenters. The lowest BCUT2D eigenvalue weighted by Crippen LogP contribution is -2.33. The molecule has 0 radical (unpaired) electrons. The number of amides is 2. The number of anilines is 1. The summed E-state index contributed by atoms with van der Waals surface area (Å²) in [7, 11) is 0. The Balaban J connectivity index is 1.76. The van der Waals surface area contributed by atoms with Crippen LogP contribution >= 0.6 is 0 Å². The summed E-state index contributed by atoms with van der Waals surface area (Å²) in [6.07, 6.45) is 0.0197. The molecule has 2 aromatic carbocycles. The quantitative estimate of drug-likeness (QED) is 0.905. The first-order valence-corrected chi connectivity index (χ1v) is 7.48. The molecule has 1 aliphatic heterocycles. The van der Waals surface area contributed by atoms with E-state index in [4.69, 9.17) is 4.74 Å². The van der Waals surface area contributed by atoms with E-state index in [-0.39, 0.29) is 24.1 Å². The van der Waals surface area contributed by atoms with Crippen molar-refractivity contribution in [2.75, 3.05) is 18.4 Å². The van der Waals surface area contributed by atoms with E-state index >= 15 is 0 Å². The van der Waals surface area contributed by atoms with E-state index in [9.17, 15) is 18.7 Å². The lowest BCUT2D eigenvalue weighted by Gasteiger charge is -2.18. The number of hydrogen-bond acceptors (Lipinski definition) is 3. The molecule has 7 heteroatoms. The first kappa shape index (κ1) is 16.2. The number of nitrogens with zero attached hydrogens (tertiary/aromatic N) is 1. The van der Waals surface area contributed by atoms with Gasteiger partial charge in [-0.25, -0.2) is 13.6 Å². The van der Waals surface area contributed by atoms with Gasteiger partial charge in [-0.15, -0.1) is 0 Å². The monoisotopic (exact) mass is 334 g/mol. The molecule has 2 aromatic rings. The Hall–Kier alpha value is -2.67. The Bertz CT molecular complexity index is 734. The second-order valence-electron chi connectivity index (χ2n) is 5.52. The van der Waals surface area contributed by atoms with Crippen LogP contribution in [0.3, 0.4) is 0 Å². The third-order valence-electron chi connectivity index (χ3n) is 3.64. The maximum atomic E-state index is 13.3. The molecule has 2 N–H and O–H groups in total. The van der Waals surface area contributed by atoms with E-state index in [1.807, 2.05) is 0 Å². The second kappa shape index (κ2) is 6.84. The van der Waals surface area contributed by atoms with Crippen LogP contribution < -0.4 is 10.1 Å². The molecule has 0 aliphatic carbocycles. The summed E-state index contributed by atoms with van der Waals surface area (Å²) in [6.45, 7) is 0.731. The number of carbonyl (C=O) groups excluding carboxylic acids is 1. The minimum absolute atomic E-state index is 0.00852. The molecule has 1 heterocycles. The number of likely N-dealkylation sites (tertiary alicyclic amines) is 1. The zero-order chi connectivity index (χ0) is 17.1. The normalized spacial score (nSPS) is 17.0. The molecule has 0 aromatic heterocycles. The summed E-state index contributed by atoms with van der Waals surface area (Å²) < 4.78 is 32.0. The number of benzene rings is 2. The molecule has 24 heavy (non-hydrogen) atoms. The van der Waals surface area contributed by atoms with Crippen molar-refractivity contribution in [3.63, 3.8) is 0 Å². The Morgan fingerprint density at radius 3 is 2.58 bits per heavy atom. The summed E-state index contributed by atoms with van der Waals surface area (Å²) in [5.74, 6) is -1.25. The van der Waals surface area contributed by atoms with Crippen LogP contribution in [0.4, 0.5) is 19.3 Å². The molecule has 0 unspecified atom stereocenters. The zero-order valence-corrected chi connectivity index (χ0v) is 12.7. The van der Waals surface area contributed by atoms with Gasteiger partial charge in [0.25, 0.3) is 0 Å². The number of ether oxygens (including phenoxy) is 1. The predicted molar refractivity (Wildman–Crippen MR) is 84.1 cm³/mol. The van der Waals surface area contributed by atoms with Crippen LogP contribution in [0.5, 0.6) is 11.5 Å². The lowest BCUT2D eigenvalue weighted by atomic mass is 10.3. The number of rotatable bonds is 3. The van der Waals surface area contributed by atoms with Crippen molar-refractivity contribution in [3.8, 4) is 11.5 Å². The minimum atomic E-state index is -0.752. The van der Waals surface area contributed by atoms with Crippen molar-refractivity contribution < 1.29 is 23.4 Å². The van der Waals surface area contributed by atoms with Gasteiger partial charge in [-0.2, -0.15) is 0 Å². The highest BCUT2D eigenvalue weighted by atomic mass is 19.1. The van der Waals surface area contributed by atoms with Gasteiger partial charge in [-0.05, 0) is 18.6 Å². The molecule has 0 spiro atoms. The molecular formula is C17H16F2N2O3. The Kier molecular flexibility index (Phi) is 4.61. The molecule has 126 valence electrons. The number of β-amino-alcohol motifs (C(OH)–C–C–N with tert-alkyl or cyclic N) is 1. The first-order chi connectivity index (χ1) is 11.5. The fourth-order valence-corrected chi connectivity index (χ4v) is 2.49. The van der Waals surface area contributed by atoms with Crippen LogP contribution in [0.15, 0.2) is 42.5 Å². The number of aliphatic hydroxyl groups excluding tert-OH is 1. The number of para-hydroxylation sites is 2. The fraction of sp³-hybridized carbons (Fsp3) is 0.235. The van der Waals surface area contributed by atoms with Crippen LogP contribution in [0.25, 0.3) is 0 Å². The summed E-state index contributed by atoms with van der Waals surface area (Å²) in [5, 5.41) is 12.2. The third kappa shape index (κ3) is 3.80. The van der Waals surface area contributed by atoms with Crippen LogP contribution in [-0.4, -0.2) is 35.2 Å². The summed E-state index contributed by atoms with van der Waals surface area (Å²) in [6, 6.07) is 9.07. The Morgan fingerprint density at radius 1 is 1.21 bits per heavy atom. The van der Waals surface area contributed by atoms with Crippen molar-refractivity contribution in [2.45, 2.75) is 12.5 Å². The van der Waals surface area contributed by atoms with Crippen LogP contribution in [0, 0.1) is 11.6 Å². The van der Waals surface area contributed by atoms with Gasteiger partial charge in [-0.1, -0.05) is 12.1 Å². The Labute approximate surface area is 137 Å². The molecule has 1 fully saturated rings. The number of urea groups is 1. The number of aliphatic hydroxyl groups is 1. The van der Waals surface area contributed by atoms with Crippen LogP contribution in [0.1, 0.15) is 6.42 Å². The molecule has 5 nitrogen and oxygen atoms in total. The highest BCUT2D eigenvalue weighted by Gasteiger charge is 2.25. The number of nitrogens with one attached hydrogen (secondary N) is 1. The maximum Gasteiger partial charge on any atom is 0.322 e. The zero-order valence-electron chi connectivity index (χ0n) is 12.7. The van der Waals surface area contributed by atoms with Crippen molar-refractivity contribution in [3.05, 3.63) is 54.1 Å². The number of carbonyl (C=O) groups is 1. The van der Waals surface area contributed by atoms with Gasteiger partial charge in [0.15, 0.2) is 5.75 Å². The highest BCUT2D eigenvalue weighted by Crippen LogP contribution is 2.30. The van der Waals surface area contributed by atoms with Gasteiger partial charge in [0, 0.05) is 31.3 Å². The maximum absolute atomic E-state index is 13.3. The first-order valence-electron chi connectivity index (χ1n) is 7.48. The summed E-state index contributed by atoms with van der Waals surface area (Å²) in [5.41, 5.74) is 0.369. The smallest absolute Gasteiger partial charge is 0.322 e. The van der Waals surface area contributed by atoms with Crippen LogP contribution in [-0.2, 0) is 0 Å². The van der Waals surface area contributed by atoms with Gasteiger partial charge in [0.2, 0.25) is 0 Å². The SMILES string of the molecule is O=C(Nc1ccccc1Oc1cc(F)cc(F)c1)N1CC[C@@H](O)C1. The average molecular weight is 334 g/mol. The van der Waals surface area contributed by atoms with E-state index in [0.29, 0.717) is 18.7 Å². The third-order valence-corrected chi connectivity index (χ3v) is 3.64. The molecule has 1 saturated heterocycles. The number of hydrogen-bond donors (Lipinski definition) is 2. The van der Waals surface area contributed by atoms with Crippen LogP contribution in [0.2, 0.25) is 0 Å². The molecular weight excluding hydrogens is 318 g/mol. The average Bonchev–Trinajstić information content (AvgIpc) is 2.95. The van der Waals surface area contributed by atoms with Gasteiger partial charge < -0.3 is 20.1 Å². The fourth-order valence-electron chi connectivity index (χ4n) is 2.49. The van der Waals surface area contributed by atoms with Crippen molar-refractivity contribution >= 4 is 11.7 Å². The lowest BCUT2D eigenvalue weighted by molar-refractivity contribution is 0.176. The van der Waals surface area contributed by atoms with Gasteiger partial charge in [-0.3, -0.25) is 0 Å². The van der Waals surface area contributed by atoms with Crippen molar-refractivity contribution in [2.24, 2.45) is 0 Å². The van der Waals surface area contributed by atoms with Gasteiger partial charge >= 0.3 is 6.03 Å². The molecule has 0 saturated carbocycles. The minimum Gasteiger partial charge on any atom is -0.455 e. The molecule has 0 bridgehead atoms. The summed E-state index contributed by atoms with van der Waals surface area (Å²) >= 11 is 0. The summed E-state index contributed by atoms with van der Waals surface area (Å²) in [4.78, 5) is 13.7. The van der Waals surface area contributed by atoms with Gasteiger partial charge in [0.05, 0.1) is 11.8 Å². The van der Waals surface area contributed by atoms with E-state index in [1.54, 1.807) is 24.3 Å². The van der Waals surface area contributed by atoms with E-state index < -0.39 is 17.7 Å². The largest absolute Gasteiger partial charge is 0.455 e. The Morgan fingerprint density at radius 2 is 1.92 bits per heavy atom. The van der Waals surface area contributed by atoms with Crippen molar-refractivity contribution in [1.82, 2.24) is 4.90 Å². The van der Waals surface area contributed by atoms with Crippen molar-refractivity contribution in [1.29, 1.82) is 0 Å². The highest BCUT2D eigenvalue weighted by molar-refractivity contribution is 5.91. The molecule has 2 amide bonds. The molecule has 3 rings (SSSR count). The van der Waals surface area contributed by atoms with Gasteiger partial charge in [0.1, 0.15) is 17.4 Å². The number of halogens is 2. The molecule has 1 aliphatic rings. The topological polar surface area (TPSA) is 61.8 Å². The van der Waals surface area contributed by atoms with E-state index in [1.165, 1.54) is 4.90 Å².